The number of esters is 1. The molecular formula is C9H15NO3S. The van der Waals surface area contributed by atoms with Crippen molar-refractivity contribution in [2.24, 2.45) is 0 Å². The monoisotopic (exact) mass is 217 g/mol. The normalized spacial score (nSPS) is 29.1. The van der Waals surface area contributed by atoms with Crippen LogP contribution in [0.5, 0.6) is 0 Å². The van der Waals surface area contributed by atoms with E-state index in [4.69, 9.17) is 4.74 Å². The molecule has 1 aliphatic heterocycles. The fraction of sp³-hybridized carbons (Fsp3) is 0.778. The third kappa shape index (κ3) is 2.20. The average Bonchev–Trinajstić information content (AvgIpc) is 1.93. The van der Waals surface area contributed by atoms with E-state index in [1.54, 1.807) is 0 Å². The third-order valence-electron chi connectivity index (χ3n) is 2.02. The molecule has 80 valence electrons. The first-order valence-electron chi connectivity index (χ1n) is 4.41. The zero-order chi connectivity index (χ0) is 11.0. The predicted octanol–water partition coefficient (Wildman–Crippen LogP) is 0.906. The van der Waals surface area contributed by atoms with Gasteiger partial charge in [0, 0.05) is 4.75 Å². The number of carbonyl (C=O) groups excluding carboxylic acids is 2. The Morgan fingerprint density at radius 1 is 1.43 bits per heavy atom. The molecule has 1 aliphatic rings. The molecule has 0 spiro atoms. The van der Waals surface area contributed by atoms with Crippen molar-refractivity contribution < 1.29 is 14.3 Å². The number of hydrogen-bond acceptors (Lipinski definition) is 4. The van der Waals surface area contributed by atoms with E-state index in [1.165, 1.54) is 11.8 Å². The Hall–Kier alpha value is -0.710. The number of thioether (sulfide) groups is 1. The number of cyclic esters (lactones) is 1. The van der Waals surface area contributed by atoms with Gasteiger partial charge in [-0.2, -0.15) is 0 Å². The zero-order valence-corrected chi connectivity index (χ0v) is 9.60. The van der Waals surface area contributed by atoms with Crippen molar-refractivity contribution in [1.82, 2.24) is 5.32 Å². The van der Waals surface area contributed by atoms with Crippen LogP contribution in [0.4, 0.5) is 0 Å². The van der Waals surface area contributed by atoms with Crippen LogP contribution in [0.15, 0.2) is 0 Å². The van der Waals surface area contributed by atoms with Gasteiger partial charge >= 0.3 is 5.97 Å². The topological polar surface area (TPSA) is 55.4 Å². The van der Waals surface area contributed by atoms with E-state index in [-0.39, 0.29) is 10.7 Å². The van der Waals surface area contributed by atoms with Crippen LogP contribution in [0.1, 0.15) is 27.7 Å². The van der Waals surface area contributed by atoms with E-state index in [2.05, 4.69) is 5.32 Å². The van der Waals surface area contributed by atoms with E-state index in [0.29, 0.717) is 6.41 Å². The van der Waals surface area contributed by atoms with E-state index in [0.717, 1.165) is 0 Å². The first-order chi connectivity index (χ1) is 6.28. The molecule has 4 nitrogen and oxygen atoms in total. The Kier molecular flexibility index (Phi) is 2.81. The lowest BCUT2D eigenvalue weighted by Gasteiger charge is -2.43. The van der Waals surface area contributed by atoms with Gasteiger partial charge < -0.3 is 10.1 Å². The number of nitrogens with one attached hydrogen (secondary N) is 1. The number of ether oxygens (including phenoxy) is 1. The van der Waals surface area contributed by atoms with Crippen molar-refractivity contribution in [3.8, 4) is 0 Å². The summed E-state index contributed by atoms with van der Waals surface area (Å²) >= 11 is 1.53. The summed E-state index contributed by atoms with van der Waals surface area (Å²) in [5, 5.41) is 2.49. The van der Waals surface area contributed by atoms with Crippen molar-refractivity contribution >= 4 is 24.1 Å². The maximum atomic E-state index is 11.6. The Morgan fingerprint density at radius 3 is 2.43 bits per heavy atom. The second-order valence-electron chi connectivity index (χ2n) is 4.24. The molecule has 1 amide bonds. The smallest absolute Gasteiger partial charge is 0.331 e. The van der Waals surface area contributed by atoms with Crippen molar-refractivity contribution in [3.63, 3.8) is 0 Å². The Balaban J connectivity index is 2.88. The number of amides is 1. The molecule has 0 radical (unpaired) electrons. The molecule has 5 heteroatoms. The summed E-state index contributed by atoms with van der Waals surface area (Å²) in [6.45, 7) is 7.52. The third-order valence-corrected chi connectivity index (χ3v) is 3.36. The second kappa shape index (κ2) is 3.46. The lowest BCUT2D eigenvalue weighted by atomic mass is 10.0. The molecule has 1 heterocycles. The highest BCUT2D eigenvalue weighted by Gasteiger charge is 2.48. The van der Waals surface area contributed by atoms with Gasteiger partial charge in [0.1, 0.15) is 6.04 Å². The van der Waals surface area contributed by atoms with Crippen molar-refractivity contribution in [2.45, 2.75) is 43.4 Å². The summed E-state index contributed by atoms with van der Waals surface area (Å²) in [4.78, 5) is 21.4. The van der Waals surface area contributed by atoms with Crippen LogP contribution in [-0.4, -0.2) is 28.1 Å². The van der Waals surface area contributed by atoms with Crippen LogP contribution in [0.25, 0.3) is 0 Å². The molecule has 0 unspecified atom stereocenters. The minimum atomic E-state index is -0.571. The molecular weight excluding hydrogens is 202 g/mol. The standard InChI is InChI=1S/C9H15NO3S/c1-8(2)6(10-5-11)7(12)13-9(3,4)14-8/h5-6H,1-4H3,(H,10,11)/t6-/m0/s1. The van der Waals surface area contributed by atoms with E-state index in [9.17, 15) is 9.59 Å². The lowest BCUT2D eigenvalue weighted by Crippen LogP contribution is -2.57. The van der Waals surface area contributed by atoms with Gasteiger partial charge in [-0.05, 0) is 27.7 Å². The maximum Gasteiger partial charge on any atom is 0.331 e. The molecule has 14 heavy (non-hydrogen) atoms. The second-order valence-corrected chi connectivity index (χ2v) is 6.48. The fourth-order valence-electron chi connectivity index (χ4n) is 1.64. The minimum Gasteiger partial charge on any atom is -0.447 e. The summed E-state index contributed by atoms with van der Waals surface area (Å²) in [7, 11) is 0. The van der Waals surface area contributed by atoms with Gasteiger partial charge in [-0.1, -0.05) is 0 Å². The van der Waals surface area contributed by atoms with Gasteiger partial charge in [0.15, 0.2) is 4.93 Å². The highest BCUT2D eigenvalue weighted by atomic mass is 32.2. The summed E-state index contributed by atoms with van der Waals surface area (Å²) in [6.07, 6.45) is 0.534. The van der Waals surface area contributed by atoms with E-state index < -0.39 is 11.0 Å². The maximum absolute atomic E-state index is 11.6. The fourth-order valence-corrected chi connectivity index (χ4v) is 3.31. The zero-order valence-electron chi connectivity index (χ0n) is 8.79. The van der Waals surface area contributed by atoms with Crippen LogP contribution in [-0.2, 0) is 14.3 Å². The summed E-state index contributed by atoms with van der Waals surface area (Å²) in [6, 6.07) is -0.571. The van der Waals surface area contributed by atoms with Crippen molar-refractivity contribution in [2.75, 3.05) is 0 Å². The lowest BCUT2D eigenvalue weighted by molar-refractivity contribution is -0.155. The van der Waals surface area contributed by atoms with Gasteiger partial charge in [-0.15, -0.1) is 11.8 Å². The van der Waals surface area contributed by atoms with E-state index >= 15 is 0 Å². The molecule has 0 saturated carbocycles. The van der Waals surface area contributed by atoms with Gasteiger partial charge in [-0.25, -0.2) is 4.79 Å². The van der Waals surface area contributed by atoms with Gasteiger partial charge in [0.25, 0.3) is 0 Å². The molecule has 0 aliphatic carbocycles. The SMILES string of the molecule is CC1(C)OC(=O)[C@H](NC=O)C(C)(C)S1. The molecule has 1 N–H and O–H groups in total. The first kappa shape index (κ1) is 11.4. The number of hydrogen-bond donors (Lipinski definition) is 1. The number of rotatable bonds is 2. The number of carbonyl (C=O) groups is 2. The molecule has 0 aromatic rings. The predicted molar refractivity (Wildman–Crippen MR) is 54.8 cm³/mol. The minimum absolute atomic E-state index is 0.347. The largest absolute Gasteiger partial charge is 0.447 e. The Morgan fingerprint density at radius 2 is 2.00 bits per heavy atom. The first-order valence-corrected chi connectivity index (χ1v) is 5.23. The molecule has 1 rings (SSSR count). The summed E-state index contributed by atoms with van der Waals surface area (Å²) in [5.74, 6) is -0.370. The van der Waals surface area contributed by atoms with Gasteiger partial charge in [0.2, 0.25) is 6.41 Å². The molecule has 1 fully saturated rings. The summed E-state index contributed by atoms with van der Waals surface area (Å²) < 4.78 is 4.83. The Labute approximate surface area is 87.8 Å². The van der Waals surface area contributed by atoms with Gasteiger partial charge in [-0.3, -0.25) is 4.79 Å². The van der Waals surface area contributed by atoms with Crippen LogP contribution >= 0.6 is 11.8 Å². The highest BCUT2D eigenvalue weighted by molar-refractivity contribution is 8.01. The van der Waals surface area contributed by atoms with Crippen LogP contribution in [0.3, 0.4) is 0 Å². The van der Waals surface area contributed by atoms with Crippen LogP contribution in [0.2, 0.25) is 0 Å². The summed E-state index contributed by atoms with van der Waals surface area (Å²) in [5.41, 5.74) is 0. The average molecular weight is 217 g/mol. The van der Waals surface area contributed by atoms with E-state index in [1.807, 2.05) is 27.7 Å². The Bertz CT molecular complexity index is 263. The molecule has 1 atom stereocenters. The highest BCUT2D eigenvalue weighted by Crippen LogP contribution is 2.43. The van der Waals surface area contributed by atoms with Crippen molar-refractivity contribution in [3.05, 3.63) is 0 Å². The van der Waals surface area contributed by atoms with Crippen LogP contribution in [0, 0.1) is 0 Å². The van der Waals surface area contributed by atoms with Crippen LogP contribution < -0.4 is 5.32 Å². The van der Waals surface area contributed by atoms with Crippen molar-refractivity contribution in [1.29, 1.82) is 0 Å². The molecule has 1 saturated heterocycles. The molecule has 0 bridgehead atoms. The molecule has 0 aromatic carbocycles. The quantitative estimate of drug-likeness (QED) is 0.551. The van der Waals surface area contributed by atoms with Gasteiger partial charge in [0.05, 0.1) is 0 Å². The molecule has 0 aromatic heterocycles.